The molecule has 1 aliphatic heterocycles. The van der Waals surface area contributed by atoms with E-state index in [1.54, 1.807) is 16.8 Å². The van der Waals surface area contributed by atoms with Crippen LogP contribution in [0, 0.1) is 5.82 Å². The van der Waals surface area contributed by atoms with E-state index < -0.39 is 0 Å². The van der Waals surface area contributed by atoms with Gasteiger partial charge in [0, 0.05) is 36.0 Å². The number of H-pyrrole nitrogens is 1. The highest BCUT2D eigenvalue weighted by atomic mass is 19.1. The minimum atomic E-state index is -0.309. The molecule has 0 aliphatic carbocycles. The molecule has 0 spiro atoms. The number of benzene rings is 1. The van der Waals surface area contributed by atoms with Crippen molar-refractivity contribution in [2.75, 3.05) is 39.4 Å². The Morgan fingerprint density at radius 1 is 1.19 bits per heavy atom. The molecule has 32 heavy (non-hydrogen) atoms. The van der Waals surface area contributed by atoms with Crippen LogP contribution in [0.4, 0.5) is 4.39 Å². The molecular formula is C24H32FN5O2. The Balaban J connectivity index is 1.53. The van der Waals surface area contributed by atoms with E-state index in [-0.39, 0.29) is 16.8 Å². The summed E-state index contributed by atoms with van der Waals surface area (Å²) in [6.45, 7) is 12.3. The Bertz CT molecular complexity index is 1110. The van der Waals surface area contributed by atoms with Gasteiger partial charge in [-0.1, -0.05) is 20.8 Å². The van der Waals surface area contributed by atoms with E-state index >= 15 is 0 Å². The molecule has 1 aromatic carbocycles. The van der Waals surface area contributed by atoms with Crippen molar-refractivity contribution in [1.82, 2.24) is 25.0 Å². The summed E-state index contributed by atoms with van der Waals surface area (Å²) in [5, 5.41) is 9.10. The van der Waals surface area contributed by atoms with E-state index in [0.29, 0.717) is 23.4 Å². The average Bonchev–Trinajstić information content (AvgIpc) is 3.13. The number of nitrogens with one attached hydrogen (secondary N) is 2. The molecule has 0 amide bonds. The number of pyridine rings is 1. The summed E-state index contributed by atoms with van der Waals surface area (Å²) in [4.78, 5) is 18.2. The first kappa shape index (κ1) is 22.6. The first-order valence-corrected chi connectivity index (χ1v) is 11.2. The standard InChI is InChI=1S/C24H32FN5O2/c1-24(2,3)21-20-15-17(16-26-9-4-10-29-11-13-32-14-12-29)23(31)27-22(20)30(28-21)19-7-5-18(25)6-8-19/h5-8,15,26H,4,9-14,16H2,1-3H3,(H,27,31). The molecule has 1 saturated heterocycles. The van der Waals surface area contributed by atoms with Crippen LogP contribution < -0.4 is 10.9 Å². The highest BCUT2D eigenvalue weighted by Crippen LogP contribution is 2.30. The van der Waals surface area contributed by atoms with E-state index in [2.05, 4.69) is 36.0 Å². The second-order valence-electron chi connectivity index (χ2n) is 9.36. The highest BCUT2D eigenvalue weighted by Gasteiger charge is 2.24. The van der Waals surface area contributed by atoms with Crippen LogP contribution in [0.3, 0.4) is 0 Å². The van der Waals surface area contributed by atoms with Crippen molar-refractivity contribution in [1.29, 1.82) is 0 Å². The number of hydrogen-bond acceptors (Lipinski definition) is 5. The molecule has 0 saturated carbocycles. The molecule has 1 fully saturated rings. The predicted molar refractivity (Wildman–Crippen MR) is 124 cm³/mol. The minimum absolute atomic E-state index is 0.137. The summed E-state index contributed by atoms with van der Waals surface area (Å²) >= 11 is 0. The van der Waals surface area contributed by atoms with Crippen molar-refractivity contribution >= 4 is 11.0 Å². The lowest BCUT2D eigenvalue weighted by atomic mass is 9.90. The minimum Gasteiger partial charge on any atom is -0.379 e. The van der Waals surface area contributed by atoms with Gasteiger partial charge in [0.15, 0.2) is 0 Å². The number of fused-ring (bicyclic) bond motifs is 1. The van der Waals surface area contributed by atoms with Gasteiger partial charge < -0.3 is 15.0 Å². The average molecular weight is 442 g/mol. The smallest absolute Gasteiger partial charge is 0.254 e. The monoisotopic (exact) mass is 441 g/mol. The fraction of sp³-hybridized carbons (Fsp3) is 0.500. The lowest BCUT2D eigenvalue weighted by Crippen LogP contribution is -2.37. The Labute approximate surface area is 187 Å². The first-order chi connectivity index (χ1) is 15.3. The van der Waals surface area contributed by atoms with Crippen LogP contribution in [0.5, 0.6) is 0 Å². The maximum Gasteiger partial charge on any atom is 0.254 e. The molecule has 1 aliphatic rings. The van der Waals surface area contributed by atoms with Gasteiger partial charge in [-0.05, 0) is 49.8 Å². The van der Waals surface area contributed by atoms with Gasteiger partial charge >= 0.3 is 0 Å². The van der Waals surface area contributed by atoms with E-state index in [1.807, 2.05) is 6.07 Å². The van der Waals surface area contributed by atoms with Crippen LogP contribution in [0.25, 0.3) is 16.7 Å². The van der Waals surface area contributed by atoms with E-state index in [1.165, 1.54) is 12.1 Å². The second-order valence-corrected chi connectivity index (χ2v) is 9.36. The zero-order chi connectivity index (χ0) is 22.7. The highest BCUT2D eigenvalue weighted by molar-refractivity contribution is 5.81. The zero-order valence-electron chi connectivity index (χ0n) is 19.1. The Morgan fingerprint density at radius 2 is 1.91 bits per heavy atom. The Morgan fingerprint density at radius 3 is 2.59 bits per heavy atom. The Hall–Kier alpha value is -2.55. The van der Waals surface area contributed by atoms with Gasteiger partial charge in [-0.25, -0.2) is 9.07 Å². The van der Waals surface area contributed by atoms with Crippen molar-refractivity contribution in [2.45, 2.75) is 39.2 Å². The number of halogens is 1. The third-order valence-corrected chi connectivity index (χ3v) is 5.79. The lowest BCUT2D eigenvalue weighted by Gasteiger charge is -2.26. The van der Waals surface area contributed by atoms with Gasteiger partial charge in [0.1, 0.15) is 11.5 Å². The van der Waals surface area contributed by atoms with Crippen LogP contribution in [0.15, 0.2) is 35.1 Å². The number of rotatable bonds is 7. The molecule has 3 aromatic rings. The molecular weight excluding hydrogens is 409 g/mol. The van der Waals surface area contributed by atoms with E-state index in [0.717, 1.165) is 56.9 Å². The summed E-state index contributed by atoms with van der Waals surface area (Å²) in [6.07, 6.45) is 1.02. The van der Waals surface area contributed by atoms with Crippen molar-refractivity contribution < 1.29 is 9.13 Å². The molecule has 0 bridgehead atoms. The quantitative estimate of drug-likeness (QED) is 0.552. The van der Waals surface area contributed by atoms with Crippen molar-refractivity contribution in [2.24, 2.45) is 0 Å². The van der Waals surface area contributed by atoms with Crippen LogP contribution in [0.1, 0.15) is 38.4 Å². The van der Waals surface area contributed by atoms with Crippen molar-refractivity contribution in [3.63, 3.8) is 0 Å². The predicted octanol–water partition coefficient (Wildman–Crippen LogP) is 2.96. The topological polar surface area (TPSA) is 75.2 Å². The zero-order valence-corrected chi connectivity index (χ0v) is 19.1. The molecule has 3 heterocycles. The fourth-order valence-electron chi connectivity index (χ4n) is 4.04. The normalized spacial score (nSPS) is 15.5. The van der Waals surface area contributed by atoms with Gasteiger partial charge in [-0.2, -0.15) is 5.10 Å². The van der Waals surface area contributed by atoms with Crippen molar-refractivity contribution in [3.05, 3.63) is 57.8 Å². The number of aromatic nitrogens is 3. The molecule has 0 unspecified atom stereocenters. The first-order valence-electron chi connectivity index (χ1n) is 11.2. The number of ether oxygens (including phenoxy) is 1. The molecule has 2 N–H and O–H groups in total. The SMILES string of the molecule is CC(C)(C)c1nn(-c2ccc(F)cc2)c2[nH]c(=O)c(CNCCCN3CCOCC3)cc12. The Kier molecular flexibility index (Phi) is 6.74. The molecule has 8 heteroatoms. The van der Waals surface area contributed by atoms with Gasteiger partial charge in [0.05, 0.1) is 24.6 Å². The number of nitrogens with zero attached hydrogens (tertiary/aromatic N) is 3. The molecule has 172 valence electrons. The molecule has 7 nitrogen and oxygen atoms in total. The van der Waals surface area contributed by atoms with Gasteiger partial charge in [0.25, 0.3) is 5.56 Å². The third kappa shape index (κ3) is 5.09. The van der Waals surface area contributed by atoms with Crippen molar-refractivity contribution in [3.8, 4) is 5.69 Å². The maximum atomic E-state index is 13.4. The van der Waals surface area contributed by atoms with E-state index in [9.17, 15) is 9.18 Å². The largest absolute Gasteiger partial charge is 0.379 e. The lowest BCUT2D eigenvalue weighted by molar-refractivity contribution is 0.0374. The van der Waals surface area contributed by atoms with Gasteiger partial charge in [0.2, 0.25) is 0 Å². The second kappa shape index (κ2) is 9.52. The summed E-state index contributed by atoms with van der Waals surface area (Å²) < 4.78 is 20.5. The van der Waals surface area contributed by atoms with Crippen LogP contribution in [-0.2, 0) is 16.7 Å². The molecule has 4 rings (SSSR count). The van der Waals surface area contributed by atoms with Crippen LogP contribution >= 0.6 is 0 Å². The summed E-state index contributed by atoms with van der Waals surface area (Å²) in [5.41, 5.74) is 2.56. The molecule has 2 aromatic heterocycles. The summed E-state index contributed by atoms with van der Waals surface area (Å²) in [6, 6.07) is 8.06. The molecule has 0 atom stereocenters. The maximum absolute atomic E-state index is 13.4. The third-order valence-electron chi connectivity index (χ3n) is 5.79. The number of hydrogen-bond donors (Lipinski definition) is 2. The van der Waals surface area contributed by atoms with Gasteiger partial charge in [-0.3, -0.25) is 9.69 Å². The summed E-state index contributed by atoms with van der Waals surface area (Å²) in [5.74, 6) is -0.309. The van der Waals surface area contributed by atoms with E-state index in [4.69, 9.17) is 9.84 Å². The molecule has 0 radical (unpaired) electrons. The fourth-order valence-corrected chi connectivity index (χ4v) is 4.04. The van der Waals surface area contributed by atoms with Crippen LogP contribution in [0.2, 0.25) is 0 Å². The van der Waals surface area contributed by atoms with Crippen LogP contribution in [-0.4, -0.2) is 59.1 Å². The van der Waals surface area contributed by atoms with Gasteiger partial charge in [-0.15, -0.1) is 0 Å². The number of morpholine rings is 1. The summed E-state index contributed by atoms with van der Waals surface area (Å²) in [7, 11) is 0. The number of aromatic amines is 1.